The second-order valence-corrected chi connectivity index (χ2v) is 6.22. The third kappa shape index (κ3) is 3.27. The smallest absolute Gasteiger partial charge is 0.173 e. The van der Waals surface area contributed by atoms with Gasteiger partial charge in [-0.25, -0.2) is 0 Å². The second-order valence-electron chi connectivity index (χ2n) is 5.37. The topological polar surface area (TPSA) is 82.1 Å². The summed E-state index contributed by atoms with van der Waals surface area (Å²) < 4.78 is 0. The lowest BCUT2D eigenvalue weighted by atomic mass is 9.91. The van der Waals surface area contributed by atoms with Crippen LogP contribution in [0.1, 0.15) is 31.2 Å². The van der Waals surface area contributed by atoms with Gasteiger partial charge in [-0.2, -0.15) is 0 Å². The lowest BCUT2D eigenvalue weighted by Gasteiger charge is -2.37. The molecule has 21 heavy (non-hydrogen) atoms. The van der Waals surface area contributed by atoms with Crippen molar-refractivity contribution in [3.05, 3.63) is 23.8 Å². The molecule has 1 aliphatic rings. The van der Waals surface area contributed by atoms with Crippen LogP contribution in [-0.2, 0) is 0 Å². The van der Waals surface area contributed by atoms with Crippen LogP contribution < -0.4 is 10.6 Å². The highest BCUT2D eigenvalue weighted by Crippen LogP contribution is 2.33. The van der Waals surface area contributed by atoms with Crippen molar-refractivity contribution < 1.29 is 10.3 Å². The average Bonchev–Trinajstić information content (AvgIpc) is 2.53. The van der Waals surface area contributed by atoms with Gasteiger partial charge in [-0.15, -0.1) is 11.8 Å². The highest BCUT2D eigenvalue weighted by Gasteiger charge is 2.28. The van der Waals surface area contributed by atoms with Crippen molar-refractivity contribution in [3.63, 3.8) is 0 Å². The minimum Gasteiger partial charge on any atom is -0.409 e. The van der Waals surface area contributed by atoms with Gasteiger partial charge in [-0.3, -0.25) is 0 Å². The molecule has 1 aromatic rings. The van der Waals surface area contributed by atoms with E-state index in [1.54, 1.807) is 11.8 Å². The molecule has 6 heteroatoms. The number of aliphatic hydroxyl groups is 1. The number of likely N-dealkylation sites (N-methyl/N-ethyl adjacent to an activating group) is 1. The number of hydrogen-bond acceptors (Lipinski definition) is 5. The Bertz CT molecular complexity index is 522. The van der Waals surface area contributed by atoms with Crippen LogP contribution in [0, 0.1) is 0 Å². The largest absolute Gasteiger partial charge is 0.409 e. The molecular formula is C15H23N3O2S. The predicted molar refractivity (Wildman–Crippen MR) is 87.4 cm³/mol. The maximum absolute atomic E-state index is 10.3. The molecule has 0 radical (unpaired) electrons. The SMILES string of the molecule is CSc1cccc(N(C)C2CCCCC2O)c1/C(N)=N/O. The molecule has 5 nitrogen and oxygen atoms in total. The van der Waals surface area contributed by atoms with E-state index in [2.05, 4.69) is 10.1 Å². The lowest BCUT2D eigenvalue weighted by molar-refractivity contribution is 0.106. The molecule has 1 saturated carbocycles. The van der Waals surface area contributed by atoms with Crippen LogP contribution in [0.3, 0.4) is 0 Å². The Balaban J connectivity index is 2.42. The highest BCUT2D eigenvalue weighted by atomic mass is 32.2. The summed E-state index contributed by atoms with van der Waals surface area (Å²) in [6, 6.07) is 5.93. The van der Waals surface area contributed by atoms with Gasteiger partial charge in [0, 0.05) is 17.6 Å². The first-order valence-corrected chi connectivity index (χ1v) is 8.38. The zero-order valence-electron chi connectivity index (χ0n) is 12.5. The van der Waals surface area contributed by atoms with Crippen LogP contribution >= 0.6 is 11.8 Å². The zero-order valence-corrected chi connectivity index (χ0v) is 13.3. The standard InChI is InChI=1S/C15H23N3O2S/c1-18(10-6-3-4-8-12(10)19)11-7-5-9-13(21-2)14(11)15(16)17-20/h5,7,9-10,12,19-20H,3-4,6,8H2,1-2H3,(H2,16,17). The van der Waals surface area contributed by atoms with Gasteiger partial charge in [0.2, 0.25) is 0 Å². The molecule has 1 fully saturated rings. The van der Waals surface area contributed by atoms with Crippen molar-refractivity contribution in [2.45, 2.75) is 42.7 Å². The number of nitrogens with two attached hydrogens (primary N) is 1. The van der Waals surface area contributed by atoms with E-state index in [9.17, 15) is 5.11 Å². The number of hydrogen-bond donors (Lipinski definition) is 3. The number of rotatable bonds is 4. The van der Waals surface area contributed by atoms with Crippen LogP contribution in [0.25, 0.3) is 0 Å². The predicted octanol–water partition coefficient (Wildman–Crippen LogP) is 2.24. The van der Waals surface area contributed by atoms with Crippen LogP contribution in [0.2, 0.25) is 0 Å². The maximum atomic E-state index is 10.3. The van der Waals surface area contributed by atoms with Gasteiger partial charge < -0.3 is 20.9 Å². The van der Waals surface area contributed by atoms with Crippen molar-refractivity contribution in [1.29, 1.82) is 0 Å². The monoisotopic (exact) mass is 309 g/mol. The van der Waals surface area contributed by atoms with E-state index in [1.807, 2.05) is 31.5 Å². The van der Waals surface area contributed by atoms with Gasteiger partial charge in [0.15, 0.2) is 5.84 Å². The quantitative estimate of drug-likeness (QED) is 0.261. The molecule has 2 unspecified atom stereocenters. The van der Waals surface area contributed by atoms with E-state index in [1.165, 1.54) is 0 Å². The third-order valence-corrected chi connectivity index (χ3v) is 4.94. The molecule has 0 amide bonds. The molecule has 4 N–H and O–H groups in total. The minimum atomic E-state index is -0.332. The number of nitrogens with zero attached hydrogens (tertiary/aromatic N) is 2. The third-order valence-electron chi connectivity index (χ3n) is 4.16. The van der Waals surface area contributed by atoms with Crippen molar-refractivity contribution in [3.8, 4) is 0 Å². The summed E-state index contributed by atoms with van der Waals surface area (Å²) in [7, 11) is 1.97. The average molecular weight is 309 g/mol. The van der Waals surface area contributed by atoms with Crippen molar-refractivity contribution in [1.82, 2.24) is 0 Å². The van der Waals surface area contributed by atoms with E-state index >= 15 is 0 Å². The number of amidine groups is 1. The molecule has 0 saturated heterocycles. The molecule has 0 heterocycles. The highest BCUT2D eigenvalue weighted by molar-refractivity contribution is 7.98. The summed E-state index contributed by atoms with van der Waals surface area (Å²) in [6.07, 6.45) is 5.61. The molecule has 0 spiro atoms. The van der Waals surface area contributed by atoms with Gasteiger partial charge in [-0.05, 0) is 31.2 Å². The Morgan fingerprint density at radius 1 is 1.38 bits per heavy atom. The van der Waals surface area contributed by atoms with Crippen LogP contribution in [-0.4, -0.2) is 41.6 Å². The first-order valence-electron chi connectivity index (χ1n) is 7.16. The Morgan fingerprint density at radius 3 is 2.71 bits per heavy atom. The Morgan fingerprint density at radius 2 is 2.10 bits per heavy atom. The van der Waals surface area contributed by atoms with Crippen LogP contribution in [0.4, 0.5) is 5.69 Å². The Hall–Kier alpha value is -1.40. The number of aliphatic hydroxyl groups excluding tert-OH is 1. The number of thioether (sulfide) groups is 1. The molecule has 116 valence electrons. The van der Waals surface area contributed by atoms with Crippen molar-refractivity contribution in [2.75, 3.05) is 18.2 Å². The van der Waals surface area contributed by atoms with Crippen LogP contribution in [0.5, 0.6) is 0 Å². The number of benzene rings is 1. The molecule has 0 aliphatic heterocycles. The summed E-state index contributed by atoms with van der Waals surface area (Å²) in [6.45, 7) is 0. The summed E-state index contributed by atoms with van der Waals surface area (Å²) in [5, 5.41) is 22.5. The summed E-state index contributed by atoms with van der Waals surface area (Å²) in [5.74, 6) is 0.104. The summed E-state index contributed by atoms with van der Waals surface area (Å²) >= 11 is 1.56. The maximum Gasteiger partial charge on any atom is 0.173 e. The molecule has 0 aromatic heterocycles. The van der Waals surface area contributed by atoms with Gasteiger partial charge in [-0.1, -0.05) is 24.1 Å². The van der Waals surface area contributed by atoms with E-state index in [4.69, 9.17) is 10.9 Å². The van der Waals surface area contributed by atoms with E-state index in [0.29, 0.717) is 0 Å². The van der Waals surface area contributed by atoms with E-state index in [-0.39, 0.29) is 18.0 Å². The van der Waals surface area contributed by atoms with E-state index in [0.717, 1.165) is 41.8 Å². The molecule has 0 bridgehead atoms. The Labute approximate surface area is 129 Å². The molecular weight excluding hydrogens is 286 g/mol. The first-order chi connectivity index (χ1) is 10.1. The van der Waals surface area contributed by atoms with Gasteiger partial charge in [0.25, 0.3) is 0 Å². The fourth-order valence-electron chi connectivity index (χ4n) is 3.01. The van der Waals surface area contributed by atoms with Crippen molar-refractivity contribution >= 4 is 23.3 Å². The lowest BCUT2D eigenvalue weighted by Crippen LogP contribution is -2.44. The van der Waals surface area contributed by atoms with Gasteiger partial charge in [0.05, 0.1) is 17.7 Å². The Kier molecular flexibility index (Phi) is 5.36. The van der Waals surface area contributed by atoms with Gasteiger partial charge >= 0.3 is 0 Å². The molecule has 1 aromatic carbocycles. The molecule has 1 aliphatic carbocycles. The molecule has 2 atom stereocenters. The summed E-state index contributed by atoms with van der Waals surface area (Å²) in [5.41, 5.74) is 7.49. The second kappa shape index (κ2) is 7.04. The van der Waals surface area contributed by atoms with Crippen LogP contribution in [0.15, 0.2) is 28.3 Å². The first kappa shape index (κ1) is 16.0. The normalized spacial score (nSPS) is 23.1. The molecule has 2 rings (SSSR count). The van der Waals surface area contributed by atoms with Gasteiger partial charge in [0.1, 0.15) is 0 Å². The number of oxime groups is 1. The van der Waals surface area contributed by atoms with E-state index < -0.39 is 0 Å². The number of anilines is 1. The summed E-state index contributed by atoms with van der Waals surface area (Å²) in [4.78, 5) is 3.02. The fraction of sp³-hybridized carbons (Fsp3) is 0.533. The van der Waals surface area contributed by atoms with Crippen molar-refractivity contribution in [2.24, 2.45) is 10.9 Å². The zero-order chi connectivity index (χ0) is 15.4. The minimum absolute atomic E-state index is 0.0705. The fourth-order valence-corrected chi connectivity index (χ4v) is 3.64.